The Balaban J connectivity index is 1.07. The molecule has 0 aliphatic carbocycles. The second-order valence-electron chi connectivity index (χ2n) is 13.3. The smallest absolute Gasteiger partial charge is 0.0619 e. The van der Waals surface area contributed by atoms with Gasteiger partial charge in [0.2, 0.25) is 0 Å². The molecule has 8 aromatic carbocycles. The van der Waals surface area contributed by atoms with Gasteiger partial charge in [0.25, 0.3) is 0 Å². The minimum atomic E-state index is 1.15. The van der Waals surface area contributed by atoms with Crippen molar-refractivity contribution in [2.24, 2.45) is 0 Å². The van der Waals surface area contributed by atoms with Crippen molar-refractivity contribution in [3.05, 3.63) is 182 Å². The molecule has 0 saturated heterocycles. The molecule has 3 heterocycles. The molecule has 0 aliphatic heterocycles. The van der Waals surface area contributed by atoms with Crippen LogP contribution in [0.2, 0.25) is 0 Å². The zero-order valence-corrected chi connectivity index (χ0v) is 28.4. The molecular formula is C48H30N2S. The van der Waals surface area contributed by atoms with Gasteiger partial charge in [-0.05, 0) is 83.4 Å². The van der Waals surface area contributed by atoms with Crippen LogP contribution in [0.3, 0.4) is 0 Å². The predicted octanol–water partition coefficient (Wildman–Crippen LogP) is 13.6. The Bertz CT molecular complexity index is 3120. The summed E-state index contributed by atoms with van der Waals surface area (Å²) in [5.74, 6) is 0. The van der Waals surface area contributed by atoms with Crippen LogP contribution in [0.5, 0.6) is 0 Å². The zero-order chi connectivity index (χ0) is 33.5. The van der Waals surface area contributed by atoms with Crippen LogP contribution in [-0.4, -0.2) is 9.13 Å². The minimum Gasteiger partial charge on any atom is -0.309 e. The summed E-state index contributed by atoms with van der Waals surface area (Å²) in [5.41, 5.74) is 12.1. The molecule has 0 fully saturated rings. The third-order valence-corrected chi connectivity index (χ3v) is 11.7. The Morgan fingerprint density at radius 2 is 0.882 bits per heavy atom. The Morgan fingerprint density at radius 1 is 0.314 bits per heavy atom. The van der Waals surface area contributed by atoms with Crippen LogP contribution in [0.25, 0.3) is 97.4 Å². The monoisotopic (exact) mass is 666 g/mol. The molecule has 0 amide bonds. The summed E-state index contributed by atoms with van der Waals surface area (Å²) in [6, 6.07) is 66.7. The van der Waals surface area contributed by atoms with E-state index in [0.29, 0.717) is 0 Å². The Morgan fingerprint density at radius 3 is 1.71 bits per heavy atom. The van der Waals surface area contributed by atoms with Gasteiger partial charge in [-0.3, -0.25) is 0 Å². The van der Waals surface area contributed by atoms with Crippen molar-refractivity contribution in [1.29, 1.82) is 0 Å². The fourth-order valence-electron chi connectivity index (χ4n) is 8.22. The van der Waals surface area contributed by atoms with E-state index >= 15 is 0 Å². The Hall–Kier alpha value is -6.42. The summed E-state index contributed by atoms with van der Waals surface area (Å²) < 4.78 is 7.48. The van der Waals surface area contributed by atoms with Gasteiger partial charge in [-0.15, -0.1) is 11.3 Å². The molecule has 0 unspecified atom stereocenters. The van der Waals surface area contributed by atoms with Gasteiger partial charge < -0.3 is 9.13 Å². The van der Waals surface area contributed by atoms with Gasteiger partial charge in [-0.25, -0.2) is 0 Å². The molecular weight excluding hydrogens is 637 g/mol. The van der Waals surface area contributed by atoms with Crippen molar-refractivity contribution in [3.8, 4) is 33.6 Å². The second-order valence-corrected chi connectivity index (χ2v) is 14.4. The zero-order valence-electron chi connectivity index (χ0n) is 27.6. The standard InChI is InChI=1S/C48H30N2S/c1-2-11-34(12-3-1)49-43-18-7-5-14-38(43)41-29-32(23-27-45(41)49)31-21-25-35(26-22-31)50-44-19-8-4-13-37(44)40-17-10-16-36(48(40)50)33-24-28-47-42(30-33)39-15-6-9-20-46(39)51-47/h1-30H. The summed E-state index contributed by atoms with van der Waals surface area (Å²) >= 11 is 1.87. The van der Waals surface area contributed by atoms with Crippen LogP contribution in [0.4, 0.5) is 0 Å². The van der Waals surface area contributed by atoms with Gasteiger partial charge in [0.05, 0.1) is 22.1 Å². The lowest BCUT2D eigenvalue weighted by Gasteiger charge is -2.13. The van der Waals surface area contributed by atoms with Crippen molar-refractivity contribution in [2.75, 3.05) is 0 Å². The van der Waals surface area contributed by atoms with E-state index in [1.54, 1.807) is 0 Å². The van der Waals surface area contributed by atoms with Crippen LogP contribution in [0.1, 0.15) is 0 Å². The summed E-state index contributed by atoms with van der Waals surface area (Å²) in [4.78, 5) is 0. The number of hydrogen-bond acceptors (Lipinski definition) is 1. The normalized spacial score (nSPS) is 11.9. The van der Waals surface area contributed by atoms with Gasteiger partial charge in [-0.2, -0.15) is 0 Å². The molecule has 11 rings (SSSR count). The van der Waals surface area contributed by atoms with Gasteiger partial charge >= 0.3 is 0 Å². The highest BCUT2D eigenvalue weighted by Gasteiger charge is 2.18. The van der Waals surface area contributed by atoms with Gasteiger partial charge in [0, 0.05) is 58.7 Å². The number of nitrogens with zero attached hydrogens (tertiary/aromatic N) is 2. The SMILES string of the molecule is c1ccc(-n2c3ccccc3c3cc(-c4ccc(-n5c6ccccc6c6cccc(-c7ccc8sc9ccccc9c8c7)c65)cc4)ccc32)cc1. The number of hydrogen-bond donors (Lipinski definition) is 0. The third-order valence-electron chi connectivity index (χ3n) is 10.5. The molecule has 2 nitrogen and oxygen atoms in total. The number of benzene rings is 8. The maximum absolute atomic E-state index is 2.45. The quantitative estimate of drug-likeness (QED) is 0.177. The molecule has 0 spiro atoms. The average Bonchev–Trinajstić information content (AvgIpc) is 3.85. The molecule has 11 aromatic rings. The van der Waals surface area contributed by atoms with Crippen LogP contribution < -0.4 is 0 Å². The van der Waals surface area contributed by atoms with Crippen LogP contribution in [-0.2, 0) is 0 Å². The molecule has 0 saturated carbocycles. The first-order chi connectivity index (χ1) is 25.3. The van der Waals surface area contributed by atoms with Gasteiger partial charge in [0.15, 0.2) is 0 Å². The van der Waals surface area contributed by atoms with E-state index in [-0.39, 0.29) is 0 Å². The molecule has 0 atom stereocenters. The van der Waals surface area contributed by atoms with Crippen LogP contribution in [0.15, 0.2) is 182 Å². The summed E-state index contributed by atoms with van der Waals surface area (Å²) in [5, 5.41) is 7.70. The van der Waals surface area contributed by atoms with E-state index in [9.17, 15) is 0 Å². The first-order valence-electron chi connectivity index (χ1n) is 17.4. The molecule has 0 bridgehead atoms. The van der Waals surface area contributed by atoms with Gasteiger partial charge in [-0.1, -0.05) is 115 Å². The Labute approximate surface area is 298 Å². The highest BCUT2D eigenvalue weighted by Crippen LogP contribution is 2.42. The van der Waals surface area contributed by atoms with E-state index in [1.165, 1.54) is 91.7 Å². The lowest BCUT2D eigenvalue weighted by atomic mass is 10.00. The first-order valence-corrected chi connectivity index (χ1v) is 18.3. The summed E-state index contributed by atoms with van der Waals surface area (Å²) in [6.45, 7) is 0. The van der Waals surface area contributed by atoms with Crippen molar-refractivity contribution < 1.29 is 0 Å². The van der Waals surface area contributed by atoms with Crippen LogP contribution >= 0.6 is 11.3 Å². The first kappa shape index (κ1) is 28.4. The van der Waals surface area contributed by atoms with E-state index in [1.807, 2.05) is 11.3 Å². The van der Waals surface area contributed by atoms with Crippen molar-refractivity contribution in [2.45, 2.75) is 0 Å². The number of rotatable bonds is 4. The lowest BCUT2D eigenvalue weighted by Crippen LogP contribution is -1.95. The predicted molar refractivity (Wildman–Crippen MR) is 219 cm³/mol. The number of thiophene rings is 1. The second kappa shape index (κ2) is 11.0. The fourth-order valence-corrected chi connectivity index (χ4v) is 9.31. The highest BCUT2D eigenvalue weighted by atomic mass is 32.1. The maximum atomic E-state index is 2.45. The fraction of sp³-hybridized carbons (Fsp3) is 0. The average molecular weight is 667 g/mol. The van der Waals surface area contributed by atoms with E-state index in [4.69, 9.17) is 0 Å². The maximum Gasteiger partial charge on any atom is 0.0619 e. The van der Waals surface area contributed by atoms with E-state index in [0.717, 1.165) is 5.69 Å². The number of para-hydroxylation sites is 4. The molecule has 0 N–H and O–H groups in total. The molecule has 238 valence electrons. The highest BCUT2D eigenvalue weighted by molar-refractivity contribution is 7.25. The lowest BCUT2D eigenvalue weighted by molar-refractivity contribution is 1.18. The molecule has 3 aromatic heterocycles. The number of aromatic nitrogens is 2. The van der Waals surface area contributed by atoms with Crippen LogP contribution in [0, 0.1) is 0 Å². The molecule has 51 heavy (non-hydrogen) atoms. The van der Waals surface area contributed by atoms with E-state index in [2.05, 4.69) is 191 Å². The summed E-state index contributed by atoms with van der Waals surface area (Å²) in [7, 11) is 0. The Kier molecular flexibility index (Phi) is 6.16. The van der Waals surface area contributed by atoms with Gasteiger partial charge in [0.1, 0.15) is 0 Å². The molecule has 0 radical (unpaired) electrons. The van der Waals surface area contributed by atoms with E-state index < -0.39 is 0 Å². The molecule has 3 heteroatoms. The molecule has 0 aliphatic rings. The topological polar surface area (TPSA) is 9.86 Å². The van der Waals surface area contributed by atoms with Crippen molar-refractivity contribution in [1.82, 2.24) is 9.13 Å². The third kappa shape index (κ3) is 4.29. The minimum absolute atomic E-state index is 1.15. The van der Waals surface area contributed by atoms with Crippen molar-refractivity contribution >= 4 is 75.1 Å². The number of fused-ring (bicyclic) bond motifs is 9. The van der Waals surface area contributed by atoms with Crippen molar-refractivity contribution in [3.63, 3.8) is 0 Å². The summed E-state index contributed by atoms with van der Waals surface area (Å²) in [6.07, 6.45) is 0. The largest absolute Gasteiger partial charge is 0.309 e.